The molecule has 0 aromatic carbocycles. The molecule has 2 rings (SSSR count). The van der Waals surface area contributed by atoms with Crippen LogP contribution in [-0.2, 0) is 0 Å². The smallest absolute Gasteiger partial charge is 0.0252 e. The first kappa shape index (κ1) is 12.4. The fraction of sp³-hybridized carbons (Fsp3) is 1.00. The summed E-state index contributed by atoms with van der Waals surface area (Å²) in [6, 6.07) is 2.48. The molecule has 0 spiro atoms. The van der Waals surface area contributed by atoms with Crippen molar-refractivity contribution < 1.29 is 0 Å². The second kappa shape index (κ2) is 5.50. The van der Waals surface area contributed by atoms with Crippen molar-refractivity contribution >= 4 is 0 Å². The highest BCUT2D eigenvalue weighted by Gasteiger charge is 2.37. The highest BCUT2D eigenvalue weighted by molar-refractivity contribution is 4.95. The number of nitrogens with one attached hydrogen (secondary N) is 1. The van der Waals surface area contributed by atoms with Crippen molar-refractivity contribution in [2.24, 2.45) is 5.92 Å². The molecule has 2 heteroatoms. The summed E-state index contributed by atoms with van der Waals surface area (Å²) in [7, 11) is 2.14. The molecule has 0 saturated heterocycles. The molecule has 0 radical (unpaired) electrons. The Kier molecular flexibility index (Phi) is 4.26. The fourth-order valence-electron chi connectivity index (χ4n) is 3.23. The molecule has 2 aliphatic rings. The van der Waals surface area contributed by atoms with Gasteiger partial charge in [-0.25, -0.2) is 0 Å². The molecular formula is C14H28N2. The maximum atomic E-state index is 3.55. The zero-order chi connectivity index (χ0) is 11.5. The molecule has 0 heterocycles. The lowest BCUT2D eigenvalue weighted by molar-refractivity contribution is 0.104. The Labute approximate surface area is 101 Å². The Morgan fingerprint density at radius 1 is 1.12 bits per heavy atom. The summed E-state index contributed by atoms with van der Waals surface area (Å²) in [5.41, 5.74) is 0. The van der Waals surface area contributed by atoms with Crippen molar-refractivity contribution in [1.29, 1.82) is 0 Å². The highest BCUT2D eigenvalue weighted by atomic mass is 15.2. The average molecular weight is 224 g/mol. The summed E-state index contributed by atoms with van der Waals surface area (Å²) in [4.78, 5) is 2.82. The van der Waals surface area contributed by atoms with Crippen molar-refractivity contribution in [3.05, 3.63) is 0 Å². The number of hydrogen-bond donors (Lipinski definition) is 1. The number of nitrogens with zero attached hydrogens (tertiary/aromatic N) is 1. The van der Waals surface area contributed by atoms with E-state index < -0.39 is 0 Å². The molecular weight excluding hydrogens is 196 g/mol. The number of rotatable bonds is 5. The first-order valence-corrected chi connectivity index (χ1v) is 7.15. The van der Waals surface area contributed by atoms with E-state index in [2.05, 4.69) is 31.1 Å². The van der Waals surface area contributed by atoms with E-state index in [0.29, 0.717) is 0 Å². The second-order valence-electron chi connectivity index (χ2n) is 6.07. The van der Waals surface area contributed by atoms with E-state index in [1.54, 1.807) is 0 Å². The third-order valence-electron chi connectivity index (χ3n) is 4.12. The predicted molar refractivity (Wildman–Crippen MR) is 69.7 cm³/mol. The maximum Gasteiger partial charge on any atom is 0.0252 e. The molecule has 2 aliphatic carbocycles. The van der Waals surface area contributed by atoms with Crippen LogP contribution in [0.5, 0.6) is 0 Å². The summed E-state index contributed by atoms with van der Waals surface area (Å²) in [6.45, 7) is 6.01. The quantitative estimate of drug-likeness (QED) is 0.772. The van der Waals surface area contributed by atoms with E-state index >= 15 is 0 Å². The first-order chi connectivity index (χ1) is 7.72. The molecule has 1 N–H and O–H groups in total. The first-order valence-electron chi connectivity index (χ1n) is 7.15. The van der Waals surface area contributed by atoms with Crippen LogP contribution < -0.4 is 5.32 Å². The predicted octanol–water partition coefficient (Wildman–Crippen LogP) is 2.64. The minimum Gasteiger partial charge on any atom is -0.315 e. The number of hydrogen-bond acceptors (Lipinski definition) is 2. The number of likely N-dealkylation sites (N-methyl/N-ethyl adjacent to an activating group) is 1. The van der Waals surface area contributed by atoms with Crippen LogP contribution in [0.4, 0.5) is 0 Å². The van der Waals surface area contributed by atoms with Gasteiger partial charge in [0.2, 0.25) is 0 Å². The zero-order valence-electron chi connectivity index (χ0n) is 11.2. The van der Waals surface area contributed by atoms with Gasteiger partial charge in [-0.05, 0) is 38.6 Å². The summed E-state index contributed by atoms with van der Waals surface area (Å²) >= 11 is 0. The zero-order valence-corrected chi connectivity index (χ0v) is 11.2. The SMILES string of the molecule is CNC1CCCCC1N(CC(C)C)C1CC1. The Hall–Kier alpha value is -0.0800. The molecule has 16 heavy (non-hydrogen) atoms. The van der Waals surface area contributed by atoms with Gasteiger partial charge in [-0.2, -0.15) is 0 Å². The van der Waals surface area contributed by atoms with E-state index in [4.69, 9.17) is 0 Å². The maximum absolute atomic E-state index is 3.55. The average Bonchev–Trinajstić information content (AvgIpc) is 3.09. The van der Waals surface area contributed by atoms with Gasteiger partial charge in [0.1, 0.15) is 0 Å². The van der Waals surface area contributed by atoms with Crippen molar-refractivity contribution in [3.63, 3.8) is 0 Å². The molecule has 0 amide bonds. The molecule has 2 fully saturated rings. The van der Waals surface area contributed by atoms with Crippen LogP contribution in [0.15, 0.2) is 0 Å². The Morgan fingerprint density at radius 2 is 1.81 bits per heavy atom. The largest absolute Gasteiger partial charge is 0.315 e. The lowest BCUT2D eigenvalue weighted by Crippen LogP contribution is -2.52. The Morgan fingerprint density at radius 3 is 2.38 bits per heavy atom. The van der Waals surface area contributed by atoms with Crippen LogP contribution in [0.2, 0.25) is 0 Å². The van der Waals surface area contributed by atoms with Crippen molar-refractivity contribution in [1.82, 2.24) is 10.2 Å². The lowest BCUT2D eigenvalue weighted by Gasteiger charge is -2.41. The molecule has 94 valence electrons. The molecule has 0 bridgehead atoms. The fourth-order valence-corrected chi connectivity index (χ4v) is 3.23. The Bertz CT molecular complexity index is 211. The van der Waals surface area contributed by atoms with Gasteiger partial charge in [-0.15, -0.1) is 0 Å². The molecule has 0 aliphatic heterocycles. The van der Waals surface area contributed by atoms with Crippen LogP contribution in [0, 0.1) is 5.92 Å². The summed E-state index contributed by atoms with van der Waals surface area (Å²) in [5, 5.41) is 3.55. The standard InChI is InChI=1S/C14H28N2/c1-11(2)10-16(12-8-9-12)14-7-5-4-6-13(14)15-3/h11-15H,4-10H2,1-3H3. The van der Waals surface area contributed by atoms with Crippen LogP contribution in [0.25, 0.3) is 0 Å². The summed E-state index contributed by atoms with van der Waals surface area (Å²) < 4.78 is 0. The topological polar surface area (TPSA) is 15.3 Å². The van der Waals surface area contributed by atoms with Gasteiger partial charge in [0, 0.05) is 24.7 Å². The van der Waals surface area contributed by atoms with Gasteiger partial charge in [0.25, 0.3) is 0 Å². The van der Waals surface area contributed by atoms with Crippen LogP contribution in [0.3, 0.4) is 0 Å². The van der Waals surface area contributed by atoms with Crippen LogP contribution >= 0.6 is 0 Å². The van der Waals surface area contributed by atoms with Gasteiger partial charge in [-0.1, -0.05) is 26.7 Å². The monoisotopic (exact) mass is 224 g/mol. The minimum absolute atomic E-state index is 0.744. The second-order valence-corrected chi connectivity index (χ2v) is 6.07. The van der Waals surface area contributed by atoms with Crippen LogP contribution in [0.1, 0.15) is 52.4 Å². The third-order valence-corrected chi connectivity index (χ3v) is 4.12. The third kappa shape index (κ3) is 2.98. The van der Waals surface area contributed by atoms with Crippen molar-refractivity contribution in [2.75, 3.05) is 13.6 Å². The minimum atomic E-state index is 0.744. The van der Waals surface area contributed by atoms with Crippen molar-refractivity contribution in [3.8, 4) is 0 Å². The van der Waals surface area contributed by atoms with E-state index in [-0.39, 0.29) is 0 Å². The van der Waals surface area contributed by atoms with Gasteiger partial charge in [0.15, 0.2) is 0 Å². The molecule has 2 saturated carbocycles. The van der Waals surface area contributed by atoms with Gasteiger partial charge in [0.05, 0.1) is 0 Å². The normalized spacial score (nSPS) is 31.3. The van der Waals surface area contributed by atoms with Gasteiger partial charge < -0.3 is 5.32 Å². The summed E-state index contributed by atoms with van der Waals surface area (Å²) in [5.74, 6) is 0.806. The van der Waals surface area contributed by atoms with E-state index in [1.807, 2.05) is 0 Å². The lowest BCUT2D eigenvalue weighted by atomic mass is 9.88. The Balaban J connectivity index is 1.98. The summed E-state index contributed by atoms with van der Waals surface area (Å²) in [6.07, 6.45) is 8.53. The highest BCUT2D eigenvalue weighted by Crippen LogP contribution is 2.34. The molecule has 0 aromatic heterocycles. The van der Waals surface area contributed by atoms with E-state index in [1.165, 1.54) is 45.1 Å². The molecule has 2 nitrogen and oxygen atoms in total. The van der Waals surface area contributed by atoms with E-state index in [9.17, 15) is 0 Å². The molecule has 0 aromatic rings. The molecule has 2 unspecified atom stereocenters. The van der Waals surface area contributed by atoms with Gasteiger partial charge >= 0.3 is 0 Å². The van der Waals surface area contributed by atoms with Gasteiger partial charge in [-0.3, -0.25) is 4.90 Å². The molecule has 2 atom stereocenters. The van der Waals surface area contributed by atoms with E-state index in [0.717, 1.165) is 24.0 Å². The van der Waals surface area contributed by atoms with Crippen LogP contribution in [-0.4, -0.2) is 36.6 Å². The van der Waals surface area contributed by atoms with Crippen molar-refractivity contribution in [2.45, 2.75) is 70.5 Å².